The third-order valence-electron chi connectivity index (χ3n) is 5.27. The third kappa shape index (κ3) is 11.1. The van der Waals surface area contributed by atoms with Crippen LogP contribution >= 0.6 is 0 Å². The van der Waals surface area contributed by atoms with Gasteiger partial charge in [0.2, 0.25) is 24.1 Å². The standard InChI is InChI=1S/C24H38N6O5/c1-16(2)12-21(30-23(34)20(27-15-32)13-17-6-4-3-5-7-17)24(35)29-19(9-11-26)22(33)28-18(14-31)8-10-25/h3-7,14-16,18-21H,8-13,25-26H2,1-2H3,(H,27,32)(H,28,33)(H,29,35)(H,30,34)/t18?,19?,20-,21?/m1/s1. The number of hydrogen-bond acceptors (Lipinski definition) is 7. The minimum Gasteiger partial charge on any atom is -0.347 e. The summed E-state index contributed by atoms with van der Waals surface area (Å²) in [6, 6.07) is 5.55. The summed E-state index contributed by atoms with van der Waals surface area (Å²) in [5.41, 5.74) is 11.9. The van der Waals surface area contributed by atoms with Crippen LogP contribution in [-0.2, 0) is 30.4 Å². The molecular formula is C24H38N6O5. The summed E-state index contributed by atoms with van der Waals surface area (Å²) in [6.07, 6.45) is 1.97. The molecule has 35 heavy (non-hydrogen) atoms. The van der Waals surface area contributed by atoms with Crippen LogP contribution in [0.3, 0.4) is 0 Å². The second-order valence-corrected chi connectivity index (χ2v) is 8.68. The number of carbonyl (C=O) groups excluding carboxylic acids is 5. The summed E-state index contributed by atoms with van der Waals surface area (Å²) in [5.74, 6) is -1.60. The number of rotatable bonds is 17. The number of carbonyl (C=O) groups is 5. The van der Waals surface area contributed by atoms with Crippen LogP contribution in [-0.4, -0.2) is 67.7 Å². The van der Waals surface area contributed by atoms with Crippen molar-refractivity contribution in [3.63, 3.8) is 0 Å². The summed E-state index contributed by atoms with van der Waals surface area (Å²) < 4.78 is 0. The van der Waals surface area contributed by atoms with Gasteiger partial charge >= 0.3 is 0 Å². The molecule has 4 amide bonds. The molecule has 0 aliphatic rings. The molecule has 0 saturated carbocycles. The first-order valence-electron chi connectivity index (χ1n) is 11.8. The minimum absolute atomic E-state index is 0.0448. The molecule has 0 aliphatic carbocycles. The van der Waals surface area contributed by atoms with Gasteiger partial charge in [0.1, 0.15) is 24.4 Å². The van der Waals surface area contributed by atoms with E-state index in [2.05, 4.69) is 21.3 Å². The van der Waals surface area contributed by atoms with Crippen molar-refractivity contribution in [2.75, 3.05) is 13.1 Å². The van der Waals surface area contributed by atoms with Crippen LogP contribution < -0.4 is 32.7 Å². The maximum Gasteiger partial charge on any atom is 0.243 e. The van der Waals surface area contributed by atoms with Gasteiger partial charge < -0.3 is 37.5 Å². The molecule has 0 radical (unpaired) electrons. The molecule has 11 nitrogen and oxygen atoms in total. The number of aldehydes is 1. The lowest BCUT2D eigenvalue weighted by Crippen LogP contribution is -2.57. The Labute approximate surface area is 206 Å². The highest BCUT2D eigenvalue weighted by atomic mass is 16.2. The van der Waals surface area contributed by atoms with E-state index < -0.39 is 41.9 Å². The zero-order valence-electron chi connectivity index (χ0n) is 20.4. The van der Waals surface area contributed by atoms with Gasteiger partial charge in [-0.1, -0.05) is 44.2 Å². The smallest absolute Gasteiger partial charge is 0.243 e. The van der Waals surface area contributed by atoms with E-state index in [1.165, 1.54) is 0 Å². The highest BCUT2D eigenvalue weighted by Crippen LogP contribution is 2.08. The number of benzene rings is 1. The Bertz CT molecular complexity index is 820. The largest absolute Gasteiger partial charge is 0.347 e. The molecule has 1 rings (SSSR count). The fourth-order valence-electron chi connectivity index (χ4n) is 3.48. The predicted molar refractivity (Wildman–Crippen MR) is 132 cm³/mol. The molecule has 1 aromatic carbocycles. The van der Waals surface area contributed by atoms with Crippen LogP contribution in [0.5, 0.6) is 0 Å². The summed E-state index contributed by atoms with van der Waals surface area (Å²) in [5, 5.41) is 10.4. The summed E-state index contributed by atoms with van der Waals surface area (Å²) in [6.45, 7) is 4.11. The van der Waals surface area contributed by atoms with E-state index in [1.807, 2.05) is 44.2 Å². The molecule has 0 aromatic heterocycles. The Morgan fingerprint density at radius 2 is 1.40 bits per heavy atom. The first-order chi connectivity index (χ1) is 16.7. The van der Waals surface area contributed by atoms with Gasteiger partial charge in [-0.15, -0.1) is 0 Å². The molecule has 8 N–H and O–H groups in total. The molecule has 3 unspecified atom stereocenters. The van der Waals surface area contributed by atoms with Gasteiger partial charge in [0.25, 0.3) is 0 Å². The van der Waals surface area contributed by atoms with Crippen molar-refractivity contribution in [2.24, 2.45) is 17.4 Å². The van der Waals surface area contributed by atoms with Crippen LogP contribution in [0.25, 0.3) is 0 Å². The Morgan fingerprint density at radius 1 is 0.829 bits per heavy atom. The number of hydrogen-bond donors (Lipinski definition) is 6. The van der Waals surface area contributed by atoms with Crippen LogP contribution in [0, 0.1) is 5.92 Å². The summed E-state index contributed by atoms with van der Waals surface area (Å²) >= 11 is 0. The lowest BCUT2D eigenvalue weighted by Gasteiger charge is -2.26. The van der Waals surface area contributed by atoms with Crippen molar-refractivity contribution in [3.05, 3.63) is 35.9 Å². The van der Waals surface area contributed by atoms with Crippen molar-refractivity contribution < 1.29 is 24.0 Å². The van der Waals surface area contributed by atoms with Crippen LogP contribution in [0.4, 0.5) is 0 Å². The van der Waals surface area contributed by atoms with E-state index in [9.17, 15) is 24.0 Å². The van der Waals surface area contributed by atoms with Gasteiger partial charge in [0, 0.05) is 6.42 Å². The van der Waals surface area contributed by atoms with Crippen molar-refractivity contribution in [3.8, 4) is 0 Å². The van der Waals surface area contributed by atoms with Gasteiger partial charge in [0.05, 0.1) is 6.04 Å². The van der Waals surface area contributed by atoms with E-state index in [-0.39, 0.29) is 38.3 Å². The molecule has 0 aliphatic heterocycles. The number of nitrogens with two attached hydrogens (primary N) is 2. The van der Waals surface area contributed by atoms with Crippen LogP contribution in [0.1, 0.15) is 38.7 Å². The number of nitrogens with one attached hydrogen (secondary N) is 4. The molecule has 1 aromatic rings. The molecule has 0 fully saturated rings. The summed E-state index contributed by atoms with van der Waals surface area (Å²) in [7, 11) is 0. The van der Waals surface area contributed by atoms with E-state index in [0.29, 0.717) is 19.1 Å². The second kappa shape index (κ2) is 16.3. The molecule has 0 heterocycles. The third-order valence-corrected chi connectivity index (χ3v) is 5.27. The highest BCUT2D eigenvalue weighted by Gasteiger charge is 2.30. The van der Waals surface area contributed by atoms with Crippen molar-refractivity contribution >= 4 is 30.4 Å². The Balaban J connectivity index is 2.96. The Morgan fingerprint density at radius 3 is 1.94 bits per heavy atom. The molecule has 0 bridgehead atoms. The van der Waals surface area contributed by atoms with Crippen molar-refractivity contribution in [1.82, 2.24) is 21.3 Å². The minimum atomic E-state index is -0.993. The first kappa shape index (κ1) is 29.7. The average Bonchev–Trinajstić information content (AvgIpc) is 2.82. The fourth-order valence-corrected chi connectivity index (χ4v) is 3.48. The zero-order chi connectivity index (χ0) is 26.2. The number of amides is 4. The maximum absolute atomic E-state index is 13.1. The highest BCUT2D eigenvalue weighted by molar-refractivity contribution is 5.94. The molecule has 4 atom stereocenters. The van der Waals surface area contributed by atoms with Crippen molar-refractivity contribution in [1.29, 1.82) is 0 Å². The fraction of sp³-hybridized carbons (Fsp3) is 0.542. The molecule has 194 valence electrons. The van der Waals surface area contributed by atoms with E-state index in [4.69, 9.17) is 11.5 Å². The zero-order valence-corrected chi connectivity index (χ0v) is 20.4. The maximum atomic E-state index is 13.1. The second-order valence-electron chi connectivity index (χ2n) is 8.68. The van der Waals surface area contributed by atoms with Gasteiger partial charge in [-0.05, 0) is 43.8 Å². The normalized spacial score (nSPS) is 14.2. The van der Waals surface area contributed by atoms with E-state index in [0.717, 1.165) is 5.56 Å². The molecule has 0 saturated heterocycles. The Kier molecular flexibility index (Phi) is 13.9. The van der Waals surface area contributed by atoms with E-state index in [1.54, 1.807) is 0 Å². The average molecular weight is 491 g/mol. The van der Waals surface area contributed by atoms with Gasteiger partial charge in [-0.2, -0.15) is 0 Å². The molecule has 11 heteroatoms. The SMILES string of the molecule is CC(C)CC(NC(=O)[C@@H](Cc1ccccc1)NC=O)C(=O)NC(CCN)C(=O)NC(C=O)CCN. The predicted octanol–water partition coefficient (Wildman–Crippen LogP) is -1.26. The van der Waals surface area contributed by atoms with E-state index >= 15 is 0 Å². The van der Waals surface area contributed by atoms with Crippen molar-refractivity contribution in [2.45, 2.75) is 63.7 Å². The van der Waals surface area contributed by atoms with Gasteiger partial charge in [-0.25, -0.2) is 0 Å². The Hall–Kier alpha value is -3.31. The van der Waals surface area contributed by atoms with Gasteiger partial charge in [0.15, 0.2) is 0 Å². The molecular weight excluding hydrogens is 452 g/mol. The lowest BCUT2D eigenvalue weighted by atomic mass is 10.0. The monoisotopic (exact) mass is 490 g/mol. The molecule has 0 spiro atoms. The lowest BCUT2D eigenvalue weighted by molar-refractivity contribution is -0.133. The van der Waals surface area contributed by atoms with Crippen LogP contribution in [0.2, 0.25) is 0 Å². The summed E-state index contributed by atoms with van der Waals surface area (Å²) in [4.78, 5) is 61.0. The first-order valence-corrected chi connectivity index (χ1v) is 11.8. The van der Waals surface area contributed by atoms with Gasteiger partial charge in [-0.3, -0.25) is 19.2 Å². The topological polar surface area (TPSA) is 186 Å². The quantitative estimate of drug-likeness (QED) is 0.147. The van der Waals surface area contributed by atoms with Crippen LogP contribution in [0.15, 0.2) is 30.3 Å².